The third kappa shape index (κ3) is 4.90. The molecule has 1 aromatic carbocycles. The first kappa shape index (κ1) is 24.0. The molecule has 4 rings (SSSR count). The SMILES string of the molecule is CC(=O)Oc1ccccc1-c1cc(C(C)C)nc(N2CCN(C(=O)c3ccoc3)[C@H](C)C2)c1C#N. The van der Waals surface area contributed by atoms with E-state index in [9.17, 15) is 14.9 Å². The fourth-order valence-corrected chi connectivity index (χ4v) is 4.33. The number of nitriles is 1. The van der Waals surface area contributed by atoms with Gasteiger partial charge in [-0.05, 0) is 31.0 Å². The zero-order chi connectivity index (χ0) is 25.1. The van der Waals surface area contributed by atoms with Crippen molar-refractivity contribution in [3.63, 3.8) is 0 Å². The van der Waals surface area contributed by atoms with Crippen molar-refractivity contribution >= 4 is 17.7 Å². The number of esters is 1. The van der Waals surface area contributed by atoms with Crippen LogP contribution in [0.5, 0.6) is 5.75 Å². The number of furan rings is 1. The molecule has 1 aliphatic rings. The number of rotatable bonds is 5. The molecular weight excluding hydrogens is 444 g/mol. The third-order valence-electron chi connectivity index (χ3n) is 6.11. The molecule has 1 saturated heterocycles. The molecule has 0 radical (unpaired) electrons. The van der Waals surface area contributed by atoms with Crippen LogP contribution in [0.4, 0.5) is 5.82 Å². The smallest absolute Gasteiger partial charge is 0.308 e. The summed E-state index contributed by atoms with van der Waals surface area (Å²) in [7, 11) is 0. The highest BCUT2D eigenvalue weighted by Gasteiger charge is 2.31. The van der Waals surface area contributed by atoms with Crippen molar-refractivity contribution in [2.45, 2.75) is 39.7 Å². The Balaban J connectivity index is 1.74. The molecule has 35 heavy (non-hydrogen) atoms. The molecular formula is C27H28N4O4. The average molecular weight is 473 g/mol. The number of para-hydroxylation sites is 1. The van der Waals surface area contributed by atoms with E-state index >= 15 is 0 Å². The van der Waals surface area contributed by atoms with Crippen LogP contribution in [0.15, 0.2) is 53.3 Å². The molecule has 1 aliphatic heterocycles. The van der Waals surface area contributed by atoms with Crippen LogP contribution in [-0.2, 0) is 4.79 Å². The summed E-state index contributed by atoms with van der Waals surface area (Å²) in [6, 6.07) is 13.0. The van der Waals surface area contributed by atoms with Gasteiger partial charge in [-0.1, -0.05) is 32.0 Å². The zero-order valence-corrected chi connectivity index (χ0v) is 20.3. The zero-order valence-electron chi connectivity index (χ0n) is 20.3. The summed E-state index contributed by atoms with van der Waals surface area (Å²) in [5.74, 6) is 0.580. The number of anilines is 1. The number of ether oxygens (including phenoxy) is 1. The fourth-order valence-electron chi connectivity index (χ4n) is 4.33. The molecule has 8 nitrogen and oxygen atoms in total. The molecule has 1 amide bonds. The maximum Gasteiger partial charge on any atom is 0.308 e. The van der Waals surface area contributed by atoms with Gasteiger partial charge >= 0.3 is 5.97 Å². The first-order chi connectivity index (χ1) is 16.8. The molecule has 1 atom stereocenters. The summed E-state index contributed by atoms with van der Waals surface area (Å²) >= 11 is 0. The summed E-state index contributed by atoms with van der Waals surface area (Å²) in [5, 5.41) is 10.2. The van der Waals surface area contributed by atoms with Crippen LogP contribution in [0, 0.1) is 11.3 Å². The van der Waals surface area contributed by atoms with E-state index in [0.29, 0.717) is 53.5 Å². The molecule has 3 heterocycles. The molecule has 2 aromatic heterocycles. The lowest BCUT2D eigenvalue weighted by Gasteiger charge is -2.40. The van der Waals surface area contributed by atoms with E-state index < -0.39 is 5.97 Å². The van der Waals surface area contributed by atoms with Gasteiger partial charge in [0.25, 0.3) is 5.91 Å². The second-order valence-electron chi connectivity index (χ2n) is 8.96. The maximum atomic E-state index is 12.9. The van der Waals surface area contributed by atoms with Crippen LogP contribution in [0.1, 0.15) is 55.2 Å². The number of benzene rings is 1. The van der Waals surface area contributed by atoms with Crippen molar-refractivity contribution in [1.82, 2.24) is 9.88 Å². The highest BCUT2D eigenvalue weighted by molar-refractivity contribution is 5.94. The highest BCUT2D eigenvalue weighted by atomic mass is 16.5. The first-order valence-corrected chi connectivity index (χ1v) is 11.6. The monoisotopic (exact) mass is 472 g/mol. The van der Waals surface area contributed by atoms with Crippen LogP contribution in [-0.4, -0.2) is 47.4 Å². The van der Waals surface area contributed by atoms with Gasteiger partial charge in [-0.15, -0.1) is 0 Å². The minimum atomic E-state index is -0.429. The molecule has 0 N–H and O–H groups in total. The van der Waals surface area contributed by atoms with Crippen molar-refractivity contribution in [3.05, 3.63) is 65.7 Å². The van der Waals surface area contributed by atoms with E-state index in [1.807, 2.05) is 43.9 Å². The normalized spacial score (nSPS) is 15.7. The van der Waals surface area contributed by atoms with Gasteiger partial charge in [0.1, 0.15) is 29.5 Å². The predicted octanol–water partition coefficient (Wildman–Crippen LogP) is 4.61. The van der Waals surface area contributed by atoms with Gasteiger partial charge in [-0.25, -0.2) is 4.98 Å². The molecule has 1 fully saturated rings. The van der Waals surface area contributed by atoms with E-state index in [1.54, 1.807) is 18.2 Å². The van der Waals surface area contributed by atoms with Crippen LogP contribution >= 0.6 is 0 Å². The number of aromatic nitrogens is 1. The Labute approximate surface area is 204 Å². The quantitative estimate of drug-likeness (QED) is 0.395. The Hall–Kier alpha value is -4.12. The van der Waals surface area contributed by atoms with Gasteiger partial charge in [0, 0.05) is 49.4 Å². The van der Waals surface area contributed by atoms with E-state index in [-0.39, 0.29) is 17.9 Å². The first-order valence-electron chi connectivity index (χ1n) is 11.6. The Morgan fingerprint density at radius 2 is 1.97 bits per heavy atom. The van der Waals surface area contributed by atoms with E-state index in [4.69, 9.17) is 14.1 Å². The maximum absolute atomic E-state index is 12.9. The summed E-state index contributed by atoms with van der Waals surface area (Å²) in [6.07, 6.45) is 2.94. The molecule has 0 aliphatic carbocycles. The Morgan fingerprint density at radius 1 is 1.20 bits per heavy atom. The summed E-state index contributed by atoms with van der Waals surface area (Å²) in [6.45, 7) is 8.97. The minimum Gasteiger partial charge on any atom is -0.472 e. The van der Waals surface area contributed by atoms with Gasteiger partial charge < -0.3 is 19.0 Å². The predicted molar refractivity (Wildman–Crippen MR) is 131 cm³/mol. The van der Waals surface area contributed by atoms with Crippen molar-refractivity contribution in [2.75, 3.05) is 24.5 Å². The van der Waals surface area contributed by atoms with Crippen LogP contribution in [0.25, 0.3) is 11.1 Å². The van der Waals surface area contributed by atoms with Crippen LogP contribution < -0.4 is 9.64 Å². The van der Waals surface area contributed by atoms with E-state index in [1.165, 1.54) is 19.5 Å². The molecule has 180 valence electrons. The average Bonchev–Trinajstić information content (AvgIpc) is 3.38. The van der Waals surface area contributed by atoms with E-state index in [0.717, 1.165) is 5.69 Å². The number of piperazine rings is 1. The van der Waals surface area contributed by atoms with Crippen molar-refractivity contribution in [2.24, 2.45) is 0 Å². The molecule has 3 aromatic rings. The minimum absolute atomic E-state index is 0.0775. The van der Waals surface area contributed by atoms with E-state index in [2.05, 4.69) is 11.0 Å². The Morgan fingerprint density at radius 3 is 2.60 bits per heavy atom. The number of nitrogens with zero attached hydrogens (tertiary/aromatic N) is 4. The van der Waals surface area contributed by atoms with Crippen LogP contribution in [0.2, 0.25) is 0 Å². The molecule has 0 bridgehead atoms. The van der Waals surface area contributed by atoms with Gasteiger partial charge in [-0.3, -0.25) is 9.59 Å². The standard InChI is InChI=1S/C27H28N4O4/c1-17(2)24-13-22(21-7-5-6-8-25(21)35-19(4)32)23(14-28)26(29-24)30-10-11-31(18(3)15-30)27(33)20-9-12-34-16-20/h5-9,12-13,16-18H,10-11,15H2,1-4H3/t18-/m1/s1. The van der Waals surface area contributed by atoms with Crippen molar-refractivity contribution in [3.8, 4) is 22.9 Å². The number of pyridine rings is 1. The third-order valence-corrected chi connectivity index (χ3v) is 6.11. The van der Waals surface area contributed by atoms with Gasteiger partial charge in [-0.2, -0.15) is 5.26 Å². The Kier molecular flexibility index (Phi) is 6.87. The number of carbonyl (C=O) groups is 2. The Bertz CT molecular complexity index is 1280. The largest absolute Gasteiger partial charge is 0.472 e. The highest BCUT2D eigenvalue weighted by Crippen LogP contribution is 2.38. The van der Waals surface area contributed by atoms with Gasteiger partial charge in [0.2, 0.25) is 0 Å². The molecule has 0 spiro atoms. The fraction of sp³-hybridized carbons (Fsp3) is 0.333. The number of carbonyl (C=O) groups excluding carboxylic acids is 2. The lowest BCUT2D eigenvalue weighted by molar-refractivity contribution is -0.131. The molecule has 0 unspecified atom stereocenters. The second kappa shape index (κ2) is 10.0. The second-order valence-corrected chi connectivity index (χ2v) is 8.96. The summed E-state index contributed by atoms with van der Waals surface area (Å²) < 4.78 is 10.5. The van der Waals surface area contributed by atoms with Crippen molar-refractivity contribution in [1.29, 1.82) is 5.26 Å². The van der Waals surface area contributed by atoms with Crippen LogP contribution in [0.3, 0.4) is 0 Å². The summed E-state index contributed by atoms with van der Waals surface area (Å²) in [5.41, 5.74) is 3.09. The number of hydrogen-bond acceptors (Lipinski definition) is 7. The molecule has 0 saturated carbocycles. The number of hydrogen-bond donors (Lipinski definition) is 0. The topological polar surface area (TPSA) is 99.7 Å². The number of amides is 1. The summed E-state index contributed by atoms with van der Waals surface area (Å²) in [4.78, 5) is 33.3. The lowest BCUT2D eigenvalue weighted by atomic mass is 9.96. The van der Waals surface area contributed by atoms with Gasteiger partial charge in [0.15, 0.2) is 0 Å². The van der Waals surface area contributed by atoms with Crippen molar-refractivity contribution < 1.29 is 18.7 Å². The lowest BCUT2D eigenvalue weighted by Crippen LogP contribution is -2.54. The van der Waals surface area contributed by atoms with Gasteiger partial charge in [0.05, 0.1) is 11.8 Å². The molecule has 8 heteroatoms.